The van der Waals surface area contributed by atoms with E-state index in [-0.39, 0.29) is 5.82 Å². The second-order valence-electron chi connectivity index (χ2n) is 3.19. The molecule has 0 radical (unpaired) electrons. The Balaban J connectivity index is 2.70. The smallest absolute Gasteiger partial charge is 0.123 e. The third-order valence-corrected chi connectivity index (χ3v) is 2.96. The standard InChI is InChI=1S/C13H11Br2F/c14-8-2-1-3-12(10-15)9-11-4-6-13(16)7-5-11/h3-7H,8-10H2/b12-3+. The van der Waals surface area contributed by atoms with E-state index in [0.29, 0.717) is 5.33 Å². The van der Waals surface area contributed by atoms with E-state index in [1.54, 1.807) is 12.1 Å². The minimum atomic E-state index is -0.202. The normalized spacial score (nSPS) is 10.8. The van der Waals surface area contributed by atoms with Crippen molar-refractivity contribution in [3.05, 3.63) is 47.3 Å². The molecule has 1 aromatic rings. The Kier molecular flexibility index (Phi) is 6.44. The summed E-state index contributed by atoms with van der Waals surface area (Å²) in [6, 6.07) is 6.55. The van der Waals surface area contributed by atoms with Crippen LogP contribution >= 0.6 is 31.9 Å². The molecule has 0 fully saturated rings. The fourth-order valence-corrected chi connectivity index (χ4v) is 1.71. The predicted octanol–water partition coefficient (Wildman–Crippen LogP) is 4.09. The van der Waals surface area contributed by atoms with Crippen molar-refractivity contribution in [3.63, 3.8) is 0 Å². The zero-order valence-electron chi connectivity index (χ0n) is 8.64. The second kappa shape index (κ2) is 7.65. The first kappa shape index (κ1) is 13.5. The lowest BCUT2D eigenvalue weighted by atomic mass is 10.1. The molecule has 0 heterocycles. The molecule has 1 aromatic carbocycles. The number of alkyl halides is 2. The summed E-state index contributed by atoms with van der Waals surface area (Å²) in [5.74, 6) is 5.67. The van der Waals surface area contributed by atoms with Gasteiger partial charge >= 0.3 is 0 Å². The number of hydrogen-bond donors (Lipinski definition) is 0. The summed E-state index contributed by atoms with van der Waals surface area (Å²) >= 11 is 6.66. The molecule has 0 saturated carbocycles. The highest BCUT2D eigenvalue weighted by molar-refractivity contribution is 9.09. The molecule has 0 aliphatic rings. The summed E-state index contributed by atoms with van der Waals surface area (Å²) in [6.07, 6.45) is 2.70. The molecule has 0 saturated heterocycles. The molecule has 1 rings (SSSR count). The minimum Gasteiger partial charge on any atom is -0.207 e. The molecule has 0 N–H and O–H groups in total. The quantitative estimate of drug-likeness (QED) is 0.571. The van der Waals surface area contributed by atoms with Crippen LogP contribution < -0.4 is 0 Å². The molecule has 0 aromatic heterocycles. The maximum absolute atomic E-state index is 12.7. The molecule has 16 heavy (non-hydrogen) atoms. The van der Waals surface area contributed by atoms with Crippen LogP contribution in [0.25, 0.3) is 0 Å². The van der Waals surface area contributed by atoms with Crippen molar-refractivity contribution in [2.75, 3.05) is 10.7 Å². The zero-order chi connectivity index (χ0) is 11.8. The third-order valence-electron chi connectivity index (χ3n) is 1.96. The number of benzene rings is 1. The summed E-state index contributed by atoms with van der Waals surface area (Å²) in [6.45, 7) is 0. The van der Waals surface area contributed by atoms with Crippen LogP contribution in [0.1, 0.15) is 5.56 Å². The van der Waals surface area contributed by atoms with Crippen LogP contribution in [-0.2, 0) is 6.42 Å². The van der Waals surface area contributed by atoms with E-state index < -0.39 is 0 Å². The van der Waals surface area contributed by atoms with Gasteiger partial charge in [-0.25, -0.2) is 4.39 Å². The highest BCUT2D eigenvalue weighted by Crippen LogP contribution is 2.11. The lowest BCUT2D eigenvalue weighted by Crippen LogP contribution is -1.92. The highest BCUT2D eigenvalue weighted by atomic mass is 79.9. The molecule has 0 unspecified atom stereocenters. The Morgan fingerprint density at radius 2 is 1.94 bits per heavy atom. The van der Waals surface area contributed by atoms with E-state index in [0.717, 1.165) is 17.3 Å². The monoisotopic (exact) mass is 344 g/mol. The lowest BCUT2D eigenvalue weighted by Gasteiger charge is -2.02. The third kappa shape index (κ3) is 4.96. The van der Waals surface area contributed by atoms with Gasteiger partial charge in [0.1, 0.15) is 5.82 Å². The van der Waals surface area contributed by atoms with Crippen LogP contribution in [0.15, 0.2) is 35.9 Å². The summed E-state index contributed by atoms with van der Waals surface area (Å²) in [4.78, 5) is 0. The number of hydrogen-bond acceptors (Lipinski definition) is 0. The van der Waals surface area contributed by atoms with Crippen LogP contribution in [0.2, 0.25) is 0 Å². The number of rotatable bonds is 3. The maximum Gasteiger partial charge on any atom is 0.123 e. The number of allylic oxidation sites excluding steroid dienone is 2. The Morgan fingerprint density at radius 1 is 1.25 bits per heavy atom. The van der Waals surface area contributed by atoms with Gasteiger partial charge in [0.25, 0.3) is 0 Å². The molecule has 0 amide bonds. The molecular weight excluding hydrogens is 335 g/mol. The minimum absolute atomic E-state index is 0.202. The first-order valence-electron chi connectivity index (χ1n) is 4.79. The molecule has 0 aliphatic carbocycles. The molecule has 3 heteroatoms. The highest BCUT2D eigenvalue weighted by Gasteiger charge is 1.98. The van der Waals surface area contributed by atoms with Gasteiger partial charge in [-0.3, -0.25) is 0 Å². The van der Waals surface area contributed by atoms with Gasteiger partial charge in [0, 0.05) is 5.33 Å². The summed E-state index contributed by atoms with van der Waals surface area (Å²) in [5, 5.41) is 1.46. The molecule has 0 spiro atoms. The van der Waals surface area contributed by atoms with E-state index in [2.05, 4.69) is 43.7 Å². The largest absolute Gasteiger partial charge is 0.207 e. The van der Waals surface area contributed by atoms with Gasteiger partial charge in [-0.2, -0.15) is 0 Å². The van der Waals surface area contributed by atoms with Crippen LogP contribution in [-0.4, -0.2) is 10.7 Å². The SMILES string of the molecule is Fc1ccc(C/C(=C\C#CCBr)CBr)cc1. The molecule has 84 valence electrons. The van der Waals surface area contributed by atoms with Gasteiger partial charge < -0.3 is 0 Å². The molecule has 0 nitrogen and oxygen atoms in total. The van der Waals surface area contributed by atoms with Crippen molar-refractivity contribution in [1.82, 2.24) is 0 Å². The number of halogens is 3. The lowest BCUT2D eigenvalue weighted by molar-refractivity contribution is 0.627. The van der Waals surface area contributed by atoms with Crippen LogP contribution in [0, 0.1) is 17.7 Å². The average molecular weight is 346 g/mol. The Labute approximate surface area is 112 Å². The first-order chi connectivity index (χ1) is 7.76. The summed E-state index contributed by atoms with van der Waals surface area (Å²) in [5.41, 5.74) is 2.27. The van der Waals surface area contributed by atoms with Crippen molar-refractivity contribution in [1.29, 1.82) is 0 Å². The van der Waals surface area contributed by atoms with Crippen LogP contribution in [0.4, 0.5) is 4.39 Å². The van der Waals surface area contributed by atoms with Gasteiger partial charge in [-0.15, -0.1) is 0 Å². The summed E-state index contributed by atoms with van der Waals surface area (Å²) < 4.78 is 12.7. The predicted molar refractivity (Wildman–Crippen MR) is 73.6 cm³/mol. The van der Waals surface area contributed by atoms with Gasteiger partial charge in [0.2, 0.25) is 0 Å². The van der Waals surface area contributed by atoms with E-state index >= 15 is 0 Å². The molecule has 0 bridgehead atoms. The van der Waals surface area contributed by atoms with Crippen molar-refractivity contribution in [2.24, 2.45) is 0 Å². The Bertz CT molecular complexity index is 410. The first-order valence-corrected chi connectivity index (χ1v) is 7.03. The van der Waals surface area contributed by atoms with Gasteiger partial charge in [-0.1, -0.05) is 55.8 Å². The molecular formula is C13H11Br2F. The van der Waals surface area contributed by atoms with E-state index in [1.807, 2.05) is 6.08 Å². The maximum atomic E-state index is 12.7. The van der Waals surface area contributed by atoms with Gasteiger partial charge in [-0.05, 0) is 35.8 Å². The summed E-state index contributed by atoms with van der Waals surface area (Å²) in [7, 11) is 0. The van der Waals surface area contributed by atoms with Crippen molar-refractivity contribution >= 4 is 31.9 Å². The van der Waals surface area contributed by atoms with Crippen molar-refractivity contribution in [3.8, 4) is 11.8 Å². The molecule has 0 atom stereocenters. The van der Waals surface area contributed by atoms with E-state index in [4.69, 9.17) is 0 Å². The fourth-order valence-electron chi connectivity index (χ4n) is 1.19. The Morgan fingerprint density at radius 3 is 2.50 bits per heavy atom. The van der Waals surface area contributed by atoms with Gasteiger partial charge in [0.15, 0.2) is 0 Å². The second-order valence-corrected chi connectivity index (χ2v) is 4.32. The molecule has 0 aliphatic heterocycles. The average Bonchev–Trinajstić information content (AvgIpc) is 2.31. The fraction of sp³-hybridized carbons (Fsp3) is 0.231. The van der Waals surface area contributed by atoms with Crippen LogP contribution in [0.3, 0.4) is 0 Å². The van der Waals surface area contributed by atoms with Crippen LogP contribution in [0.5, 0.6) is 0 Å². The van der Waals surface area contributed by atoms with Crippen molar-refractivity contribution in [2.45, 2.75) is 6.42 Å². The van der Waals surface area contributed by atoms with Crippen molar-refractivity contribution < 1.29 is 4.39 Å². The topological polar surface area (TPSA) is 0 Å². The van der Waals surface area contributed by atoms with E-state index in [9.17, 15) is 4.39 Å². The zero-order valence-corrected chi connectivity index (χ0v) is 11.8. The Hall–Kier alpha value is -0.590. The van der Waals surface area contributed by atoms with E-state index in [1.165, 1.54) is 17.7 Å². The van der Waals surface area contributed by atoms with Gasteiger partial charge in [0.05, 0.1) is 5.33 Å².